The Morgan fingerprint density at radius 2 is 2.00 bits per heavy atom. The Hall–Kier alpha value is -1.06. The fourth-order valence-corrected chi connectivity index (χ4v) is 2.29. The van der Waals surface area contributed by atoms with Gasteiger partial charge in [0, 0.05) is 12.6 Å². The summed E-state index contributed by atoms with van der Waals surface area (Å²) < 4.78 is 0. The van der Waals surface area contributed by atoms with Gasteiger partial charge in [0.05, 0.1) is 5.41 Å². The number of carbonyl (C=O) groups excluding carboxylic acids is 1. The second-order valence-corrected chi connectivity index (χ2v) is 5.77. The molecule has 1 aromatic rings. The molecule has 0 aromatic heterocycles. The molecule has 0 fully saturated rings. The number of aryl methyl sites for hydroxylation is 1. The first-order chi connectivity index (χ1) is 8.53. The van der Waals surface area contributed by atoms with Gasteiger partial charge < -0.3 is 11.1 Å². The third kappa shape index (κ3) is 3.71. The van der Waals surface area contributed by atoms with Gasteiger partial charge in [0.1, 0.15) is 0 Å². The van der Waals surface area contributed by atoms with Gasteiger partial charge in [0.2, 0.25) is 5.91 Å². The highest BCUT2D eigenvalue weighted by molar-refractivity contribution is 5.85. The van der Waals surface area contributed by atoms with E-state index in [1.807, 2.05) is 13.8 Å². The maximum atomic E-state index is 12.1. The van der Waals surface area contributed by atoms with Crippen molar-refractivity contribution in [2.75, 3.05) is 6.54 Å². The largest absolute Gasteiger partial charge is 0.353 e. The van der Waals surface area contributed by atoms with Crippen molar-refractivity contribution < 1.29 is 4.79 Å². The number of benzene rings is 1. The Bertz CT molecular complexity index is 446. The van der Waals surface area contributed by atoms with Gasteiger partial charge in [0.25, 0.3) is 0 Å². The first-order valence-corrected chi connectivity index (χ1v) is 6.61. The molecule has 0 aliphatic heterocycles. The van der Waals surface area contributed by atoms with E-state index in [9.17, 15) is 4.79 Å². The van der Waals surface area contributed by atoms with Gasteiger partial charge in [-0.05, 0) is 44.2 Å². The van der Waals surface area contributed by atoms with Crippen molar-refractivity contribution in [3.05, 3.63) is 35.4 Å². The lowest BCUT2D eigenvalue weighted by atomic mass is 9.86. The summed E-state index contributed by atoms with van der Waals surface area (Å²) >= 11 is 0. The van der Waals surface area contributed by atoms with Crippen molar-refractivity contribution in [2.45, 2.75) is 39.2 Å². The van der Waals surface area contributed by atoms with E-state index >= 15 is 0 Å². The number of hydrogen-bond donors (Lipinski definition) is 2. The average Bonchev–Trinajstić information content (AvgIpc) is 2.38. The Morgan fingerprint density at radius 3 is 2.63 bits per heavy atom. The maximum Gasteiger partial charge on any atom is 0.227 e. The molecule has 1 aliphatic rings. The number of nitrogens with one attached hydrogen (secondary N) is 1. The molecule has 1 aromatic carbocycles. The number of rotatable bonds is 3. The van der Waals surface area contributed by atoms with Crippen LogP contribution >= 0.6 is 12.4 Å². The van der Waals surface area contributed by atoms with Crippen LogP contribution in [0.2, 0.25) is 0 Å². The molecule has 106 valence electrons. The van der Waals surface area contributed by atoms with Gasteiger partial charge in [-0.2, -0.15) is 0 Å². The summed E-state index contributed by atoms with van der Waals surface area (Å²) in [5.74, 6) is 0.0642. The molecule has 0 bridgehead atoms. The number of halogens is 1. The molecule has 2 rings (SSSR count). The molecule has 1 aliphatic carbocycles. The molecule has 1 atom stereocenters. The summed E-state index contributed by atoms with van der Waals surface area (Å²) in [5, 5.41) is 3.13. The molecule has 3 N–H and O–H groups in total. The highest BCUT2D eigenvalue weighted by Crippen LogP contribution is 2.22. The second kappa shape index (κ2) is 6.40. The van der Waals surface area contributed by atoms with Crippen LogP contribution in [-0.2, 0) is 17.6 Å². The van der Waals surface area contributed by atoms with Crippen molar-refractivity contribution >= 4 is 18.3 Å². The van der Waals surface area contributed by atoms with Gasteiger partial charge in [-0.3, -0.25) is 4.79 Å². The minimum absolute atomic E-state index is 0. The lowest BCUT2D eigenvalue weighted by Crippen LogP contribution is -2.47. The highest BCUT2D eigenvalue weighted by Gasteiger charge is 2.28. The van der Waals surface area contributed by atoms with Gasteiger partial charge >= 0.3 is 0 Å². The van der Waals surface area contributed by atoms with Crippen molar-refractivity contribution in [3.63, 3.8) is 0 Å². The molecule has 0 spiro atoms. The van der Waals surface area contributed by atoms with E-state index in [1.165, 1.54) is 11.1 Å². The van der Waals surface area contributed by atoms with E-state index in [0.717, 1.165) is 19.3 Å². The van der Waals surface area contributed by atoms with Gasteiger partial charge in [-0.15, -0.1) is 12.4 Å². The predicted molar refractivity (Wildman–Crippen MR) is 80.5 cm³/mol. The zero-order chi connectivity index (χ0) is 13.2. The van der Waals surface area contributed by atoms with Crippen LogP contribution in [-0.4, -0.2) is 18.5 Å². The molecule has 0 heterocycles. The Labute approximate surface area is 121 Å². The van der Waals surface area contributed by atoms with Crippen LogP contribution in [0.5, 0.6) is 0 Å². The third-order valence-electron chi connectivity index (χ3n) is 3.81. The predicted octanol–water partition coefficient (Wildman–Crippen LogP) is 2.07. The van der Waals surface area contributed by atoms with E-state index in [2.05, 4.69) is 29.6 Å². The number of nitrogens with two attached hydrogens (primary N) is 1. The van der Waals surface area contributed by atoms with Crippen LogP contribution in [0.1, 0.15) is 31.4 Å². The van der Waals surface area contributed by atoms with E-state index < -0.39 is 5.41 Å². The molecule has 1 unspecified atom stereocenters. The topological polar surface area (TPSA) is 55.1 Å². The van der Waals surface area contributed by atoms with Crippen LogP contribution in [0, 0.1) is 5.41 Å². The Kier molecular flexibility index (Phi) is 5.39. The van der Waals surface area contributed by atoms with Gasteiger partial charge in [0.15, 0.2) is 0 Å². The van der Waals surface area contributed by atoms with Crippen molar-refractivity contribution in [2.24, 2.45) is 11.1 Å². The van der Waals surface area contributed by atoms with Crippen molar-refractivity contribution in [1.82, 2.24) is 5.32 Å². The summed E-state index contributed by atoms with van der Waals surface area (Å²) in [4.78, 5) is 12.1. The lowest BCUT2D eigenvalue weighted by molar-refractivity contribution is -0.129. The fraction of sp³-hybridized carbons (Fsp3) is 0.533. The zero-order valence-electron chi connectivity index (χ0n) is 11.6. The molecule has 3 nitrogen and oxygen atoms in total. The minimum Gasteiger partial charge on any atom is -0.353 e. The van der Waals surface area contributed by atoms with E-state index in [0.29, 0.717) is 6.54 Å². The normalized spacial score (nSPS) is 18.2. The number of fused-ring (bicyclic) bond motifs is 1. The number of carbonyl (C=O) groups is 1. The number of amides is 1. The smallest absolute Gasteiger partial charge is 0.227 e. The zero-order valence-corrected chi connectivity index (χ0v) is 12.4. The van der Waals surface area contributed by atoms with E-state index in [4.69, 9.17) is 5.73 Å². The van der Waals surface area contributed by atoms with Crippen LogP contribution in [0.4, 0.5) is 0 Å². The molecule has 1 amide bonds. The van der Waals surface area contributed by atoms with Crippen LogP contribution in [0.3, 0.4) is 0 Å². The van der Waals surface area contributed by atoms with Crippen molar-refractivity contribution in [3.8, 4) is 0 Å². The van der Waals surface area contributed by atoms with Crippen LogP contribution < -0.4 is 11.1 Å². The summed E-state index contributed by atoms with van der Waals surface area (Å²) in [5.41, 5.74) is 7.93. The molecule has 0 saturated heterocycles. The number of hydrogen-bond acceptors (Lipinski definition) is 2. The first kappa shape index (κ1) is 16.0. The monoisotopic (exact) mass is 282 g/mol. The summed E-state index contributed by atoms with van der Waals surface area (Å²) in [6.45, 7) is 4.15. The molecular formula is C15H23ClN2O. The highest BCUT2D eigenvalue weighted by atomic mass is 35.5. The Balaban J connectivity index is 0.00000180. The fourth-order valence-electron chi connectivity index (χ4n) is 2.29. The second-order valence-electron chi connectivity index (χ2n) is 5.77. The molecule has 19 heavy (non-hydrogen) atoms. The van der Waals surface area contributed by atoms with Crippen LogP contribution in [0.25, 0.3) is 0 Å². The molecule has 0 saturated carbocycles. The van der Waals surface area contributed by atoms with E-state index in [1.54, 1.807) is 0 Å². The summed E-state index contributed by atoms with van der Waals surface area (Å²) in [6.07, 6.45) is 3.00. The molecule has 4 heteroatoms. The molecule has 0 radical (unpaired) electrons. The SMILES string of the molecule is CC(C)(CN)C(=O)NC1CCc2ccccc2C1.Cl. The van der Waals surface area contributed by atoms with Crippen molar-refractivity contribution in [1.29, 1.82) is 0 Å². The Morgan fingerprint density at radius 1 is 1.37 bits per heavy atom. The third-order valence-corrected chi connectivity index (χ3v) is 3.81. The first-order valence-electron chi connectivity index (χ1n) is 6.61. The minimum atomic E-state index is -0.475. The summed E-state index contributed by atoms with van der Waals surface area (Å²) in [6, 6.07) is 8.72. The quantitative estimate of drug-likeness (QED) is 0.892. The van der Waals surface area contributed by atoms with Gasteiger partial charge in [-0.1, -0.05) is 24.3 Å². The van der Waals surface area contributed by atoms with E-state index in [-0.39, 0.29) is 24.4 Å². The van der Waals surface area contributed by atoms with Crippen LogP contribution in [0.15, 0.2) is 24.3 Å². The van der Waals surface area contributed by atoms with Gasteiger partial charge in [-0.25, -0.2) is 0 Å². The standard InChI is InChI=1S/C15H22N2O.ClH/c1-15(2,10-16)14(18)17-13-8-7-11-5-3-4-6-12(11)9-13;/h3-6,13H,7-10,16H2,1-2H3,(H,17,18);1H. The average molecular weight is 283 g/mol. The maximum absolute atomic E-state index is 12.1. The molecular weight excluding hydrogens is 260 g/mol. The summed E-state index contributed by atoms with van der Waals surface area (Å²) in [7, 11) is 0. The lowest BCUT2D eigenvalue weighted by Gasteiger charge is -2.29.